The maximum absolute atomic E-state index is 13.2. The average molecular weight is 549 g/mol. The molecule has 11 heteroatoms. The van der Waals surface area contributed by atoms with E-state index in [1.54, 1.807) is 37.3 Å². The monoisotopic (exact) mass is 547 g/mol. The van der Waals surface area contributed by atoms with Crippen molar-refractivity contribution in [1.82, 2.24) is 9.88 Å². The Morgan fingerprint density at radius 2 is 1.68 bits per heavy atom. The molecule has 0 bridgehead atoms. The highest BCUT2D eigenvalue weighted by Crippen LogP contribution is 2.37. The Morgan fingerprint density at radius 1 is 1.00 bits per heavy atom. The fraction of sp³-hybridized carbons (Fsp3) is 0.391. The van der Waals surface area contributed by atoms with Crippen LogP contribution in [0, 0.1) is 0 Å². The van der Waals surface area contributed by atoms with Crippen LogP contribution in [0.25, 0.3) is 10.2 Å². The molecule has 34 heavy (non-hydrogen) atoms. The predicted molar refractivity (Wildman–Crippen MR) is 142 cm³/mol. The molecule has 0 fully saturated rings. The van der Waals surface area contributed by atoms with Crippen LogP contribution in [-0.2, 0) is 4.79 Å². The smallest absolute Gasteiger partial charge is 0.266 e. The Morgan fingerprint density at radius 3 is 2.29 bits per heavy atom. The number of anilines is 1. The molecule has 186 valence electrons. The normalized spacial score (nSPS) is 10.8. The summed E-state index contributed by atoms with van der Waals surface area (Å²) in [6, 6.07) is 8.57. The van der Waals surface area contributed by atoms with Crippen LogP contribution in [0.15, 0.2) is 30.3 Å². The van der Waals surface area contributed by atoms with Crippen LogP contribution in [0.3, 0.4) is 0 Å². The van der Waals surface area contributed by atoms with E-state index in [4.69, 9.17) is 42.4 Å². The lowest BCUT2D eigenvalue weighted by Gasteiger charge is -2.24. The molecule has 0 spiro atoms. The van der Waals surface area contributed by atoms with Crippen molar-refractivity contribution in [2.24, 2.45) is 0 Å². The topological polar surface area (TPSA) is 64.1 Å². The van der Waals surface area contributed by atoms with E-state index in [0.29, 0.717) is 45.5 Å². The molecular weight excluding hydrogens is 521 g/mol. The zero-order valence-electron chi connectivity index (χ0n) is 19.5. The van der Waals surface area contributed by atoms with Crippen LogP contribution in [-0.4, -0.2) is 62.8 Å². The molecule has 0 atom stereocenters. The summed E-state index contributed by atoms with van der Waals surface area (Å²) in [4.78, 5) is 21.8. The standard InChI is InChI=1S/C23H27Cl2N3O4S.ClH/c1-5-27(6-2)9-10-28(22(29)14-32-18-8-7-15(24)11-16(18)25)23-26-17-12-19(30-3)20(31-4)13-21(17)33-23;/h7-8,11-13H,5-6,9-10,14H2,1-4H3;1H. The number of nitrogens with zero attached hydrogens (tertiary/aromatic N) is 3. The minimum atomic E-state index is -0.217. The van der Waals surface area contributed by atoms with Crippen molar-refractivity contribution in [3.63, 3.8) is 0 Å². The second kappa shape index (κ2) is 13.2. The van der Waals surface area contributed by atoms with Crippen molar-refractivity contribution in [3.8, 4) is 17.2 Å². The minimum absolute atomic E-state index is 0. The number of likely N-dealkylation sites (N-methyl/N-ethyl adjacent to an activating group) is 1. The first kappa shape index (κ1) is 28.3. The molecule has 0 aliphatic rings. The Labute approximate surface area is 219 Å². The van der Waals surface area contributed by atoms with Gasteiger partial charge in [0, 0.05) is 30.2 Å². The van der Waals surface area contributed by atoms with Gasteiger partial charge in [-0.05, 0) is 31.3 Å². The van der Waals surface area contributed by atoms with Crippen molar-refractivity contribution >= 4 is 68.2 Å². The fourth-order valence-electron chi connectivity index (χ4n) is 3.28. The molecule has 1 aromatic heterocycles. The molecule has 0 unspecified atom stereocenters. The molecule has 0 aliphatic carbocycles. The summed E-state index contributed by atoms with van der Waals surface area (Å²) in [5.41, 5.74) is 0.731. The van der Waals surface area contributed by atoms with Crippen LogP contribution in [0.4, 0.5) is 5.13 Å². The lowest BCUT2D eigenvalue weighted by atomic mass is 10.3. The quantitative estimate of drug-likeness (QED) is 0.302. The zero-order valence-corrected chi connectivity index (χ0v) is 22.6. The van der Waals surface area contributed by atoms with Gasteiger partial charge in [0.25, 0.3) is 5.91 Å². The molecule has 0 N–H and O–H groups in total. The van der Waals surface area contributed by atoms with Crippen molar-refractivity contribution in [2.75, 3.05) is 51.9 Å². The number of thiazole rings is 1. The largest absolute Gasteiger partial charge is 0.493 e. The van der Waals surface area contributed by atoms with E-state index >= 15 is 0 Å². The van der Waals surface area contributed by atoms with Crippen LogP contribution >= 0.6 is 46.9 Å². The number of halogens is 3. The molecule has 3 aromatic rings. The summed E-state index contributed by atoms with van der Waals surface area (Å²) < 4.78 is 17.4. The predicted octanol–water partition coefficient (Wildman–Crippen LogP) is 5.80. The molecule has 1 amide bonds. The Kier molecular flexibility index (Phi) is 11.0. The van der Waals surface area contributed by atoms with Gasteiger partial charge >= 0.3 is 0 Å². The molecule has 0 aliphatic heterocycles. The van der Waals surface area contributed by atoms with E-state index < -0.39 is 0 Å². The molecule has 1 heterocycles. The van der Waals surface area contributed by atoms with Gasteiger partial charge in [-0.1, -0.05) is 48.4 Å². The Balaban J connectivity index is 0.00000408. The number of methoxy groups -OCH3 is 2. The van der Waals surface area contributed by atoms with Gasteiger partial charge in [-0.3, -0.25) is 9.69 Å². The molecule has 7 nitrogen and oxygen atoms in total. The summed E-state index contributed by atoms with van der Waals surface area (Å²) in [5.74, 6) is 1.38. The van der Waals surface area contributed by atoms with Gasteiger partial charge in [0.1, 0.15) is 5.75 Å². The molecular formula is C23H28Cl3N3O4S. The molecule has 0 saturated heterocycles. The number of hydrogen-bond acceptors (Lipinski definition) is 7. The van der Waals surface area contributed by atoms with Crippen LogP contribution in [0.2, 0.25) is 10.0 Å². The zero-order chi connectivity index (χ0) is 24.0. The lowest BCUT2D eigenvalue weighted by Crippen LogP contribution is -2.41. The van der Waals surface area contributed by atoms with E-state index in [1.807, 2.05) is 12.1 Å². The molecule has 3 rings (SSSR count). The summed E-state index contributed by atoms with van der Waals surface area (Å²) in [6.07, 6.45) is 0. The summed E-state index contributed by atoms with van der Waals surface area (Å²) in [5, 5.41) is 1.44. The summed E-state index contributed by atoms with van der Waals surface area (Å²) in [6.45, 7) is 6.99. The number of amides is 1. The van der Waals surface area contributed by atoms with Crippen molar-refractivity contribution in [2.45, 2.75) is 13.8 Å². The third-order valence-corrected chi connectivity index (χ3v) is 6.77. The van der Waals surface area contributed by atoms with Gasteiger partial charge in [0.05, 0.1) is 29.5 Å². The van der Waals surface area contributed by atoms with E-state index in [0.717, 1.165) is 23.3 Å². The fourth-order valence-corrected chi connectivity index (χ4v) is 4.76. The van der Waals surface area contributed by atoms with Gasteiger partial charge in [-0.15, -0.1) is 12.4 Å². The number of hydrogen-bond donors (Lipinski definition) is 0. The van der Waals surface area contributed by atoms with Crippen LogP contribution < -0.4 is 19.1 Å². The number of ether oxygens (including phenoxy) is 3. The second-order valence-electron chi connectivity index (χ2n) is 7.11. The lowest BCUT2D eigenvalue weighted by molar-refractivity contribution is -0.120. The maximum Gasteiger partial charge on any atom is 0.266 e. The van der Waals surface area contributed by atoms with E-state index in [1.165, 1.54) is 11.3 Å². The van der Waals surface area contributed by atoms with Gasteiger partial charge in [0.2, 0.25) is 0 Å². The van der Waals surface area contributed by atoms with Crippen molar-refractivity contribution in [1.29, 1.82) is 0 Å². The highest BCUT2D eigenvalue weighted by molar-refractivity contribution is 7.22. The molecule has 0 radical (unpaired) electrons. The second-order valence-corrected chi connectivity index (χ2v) is 8.96. The highest BCUT2D eigenvalue weighted by Gasteiger charge is 2.22. The Bertz CT molecular complexity index is 1070. The first-order chi connectivity index (χ1) is 15.9. The number of benzene rings is 2. The van der Waals surface area contributed by atoms with Crippen LogP contribution in [0.5, 0.6) is 17.2 Å². The maximum atomic E-state index is 13.2. The number of aromatic nitrogens is 1. The van der Waals surface area contributed by atoms with Gasteiger partial charge in [-0.25, -0.2) is 4.98 Å². The van der Waals surface area contributed by atoms with Crippen LogP contribution in [0.1, 0.15) is 13.8 Å². The highest BCUT2D eigenvalue weighted by atomic mass is 35.5. The van der Waals surface area contributed by atoms with Gasteiger partial charge < -0.3 is 19.1 Å². The van der Waals surface area contributed by atoms with Crippen molar-refractivity contribution in [3.05, 3.63) is 40.4 Å². The average Bonchev–Trinajstić information content (AvgIpc) is 3.22. The number of rotatable bonds is 11. The minimum Gasteiger partial charge on any atom is -0.493 e. The third kappa shape index (κ3) is 6.79. The van der Waals surface area contributed by atoms with Crippen molar-refractivity contribution < 1.29 is 19.0 Å². The summed E-state index contributed by atoms with van der Waals surface area (Å²) in [7, 11) is 3.17. The van der Waals surface area contributed by atoms with Gasteiger partial charge in [-0.2, -0.15) is 0 Å². The molecule has 0 saturated carbocycles. The first-order valence-electron chi connectivity index (χ1n) is 10.5. The van der Waals surface area contributed by atoms with Gasteiger partial charge in [0.15, 0.2) is 23.2 Å². The summed E-state index contributed by atoms with van der Waals surface area (Å²) >= 11 is 13.5. The van der Waals surface area contributed by atoms with E-state index in [-0.39, 0.29) is 24.9 Å². The SMILES string of the molecule is CCN(CC)CCN(C(=O)COc1ccc(Cl)cc1Cl)c1nc2cc(OC)c(OC)cc2s1.Cl. The number of carbonyl (C=O) groups is 1. The first-order valence-corrected chi connectivity index (χ1v) is 12.1. The number of fused-ring (bicyclic) bond motifs is 1. The van der Waals surface area contributed by atoms with E-state index in [9.17, 15) is 4.79 Å². The Hall–Kier alpha value is -1.97. The number of carbonyl (C=O) groups excluding carboxylic acids is 1. The third-order valence-electron chi connectivity index (χ3n) is 5.19. The van der Waals surface area contributed by atoms with E-state index in [2.05, 4.69) is 18.7 Å². The molecule has 2 aromatic carbocycles.